The molecular weight excluding hydrogens is 378 g/mol. The van der Waals surface area contributed by atoms with E-state index in [1.54, 1.807) is 0 Å². The number of amides is 3. The molecule has 3 aliphatic heterocycles. The quantitative estimate of drug-likeness (QED) is 0.740. The summed E-state index contributed by atoms with van der Waals surface area (Å²) >= 11 is 0. The van der Waals surface area contributed by atoms with Crippen LogP contribution in [0.25, 0.3) is 0 Å². The van der Waals surface area contributed by atoms with Crippen molar-refractivity contribution in [3.8, 4) is 0 Å². The molecule has 2 aromatic rings. The largest absolute Gasteiger partial charge is 0.326 e. The van der Waals surface area contributed by atoms with Crippen LogP contribution in [0, 0.1) is 11.8 Å². The summed E-state index contributed by atoms with van der Waals surface area (Å²) in [5, 5.41) is 4.97. The Balaban J connectivity index is 1.60. The topological polar surface area (TPSA) is 83.1 Å². The molecule has 0 unspecified atom stereocenters. The molecule has 2 aromatic carbocycles. The highest BCUT2D eigenvalue weighted by atomic mass is 16.2. The van der Waals surface area contributed by atoms with Gasteiger partial charge in [-0.25, -0.2) is 0 Å². The van der Waals surface area contributed by atoms with Crippen LogP contribution in [0.3, 0.4) is 0 Å². The molecule has 3 aliphatic rings. The number of anilines is 1. The lowest BCUT2D eigenvalue weighted by molar-refractivity contribution is -0.733. The third-order valence-corrected chi connectivity index (χ3v) is 6.92. The Hall–Kier alpha value is -2.99. The van der Waals surface area contributed by atoms with Crippen molar-refractivity contribution in [2.45, 2.75) is 37.8 Å². The summed E-state index contributed by atoms with van der Waals surface area (Å²) in [7, 11) is 0. The van der Waals surface area contributed by atoms with E-state index in [-0.39, 0.29) is 23.8 Å². The molecule has 0 saturated carbocycles. The fraction of sp³-hybridized carbons (Fsp3) is 0.375. The first kappa shape index (κ1) is 19.0. The number of nitrogens with two attached hydrogens (primary N) is 1. The summed E-state index contributed by atoms with van der Waals surface area (Å²) in [5.74, 6) is -1.67. The number of para-hydroxylation sites is 1. The average Bonchev–Trinajstić information content (AvgIpc) is 3.33. The minimum atomic E-state index is -1.07. The van der Waals surface area contributed by atoms with E-state index in [0.717, 1.165) is 29.7 Å². The van der Waals surface area contributed by atoms with Crippen LogP contribution in [0.15, 0.2) is 54.6 Å². The van der Waals surface area contributed by atoms with Crippen molar-refractivity contribution in [3.63, 3.8) is 0 Å². The van der Waals surface area contributed by atoms with Gasteiger partial charge in [0.15, 0.2) is 0 Å². The van der Waals surface area contributed by atoms with Crippen LogP contribution in [0.2, 0.25) is 0 Å². The minimum Gasteiger partial charge on any atom is -0.326 e. The zero-order valence-electron chi connectivity index (χ0n) is 17.0. The van der Waals surface area contributed by atoms with Crippen LogP contribution >= 0.6 is 0 Å². The van der Waals surface area contributed by atoms with Gasteiger partial charge in [0.1, 0.15) is 17.9 Å². The second kappa shape index (κ2) is 7.06. The number of imide groups is 1. The van der Waals surface area contributed by atoms with E-state index in [4.69, 9.17) is 0 Å². The smallest absolute Gasteiger partial charge is 0.291 e. The van der Waals surface area contributed by atoms with Gasteiger partial charge in [0.2, 0.25) is 17.4 Å². The summed E-state index contributed by atoms with van der Waals surface area (Å²) in [5.41, 5.74) is 1.59. The Morgan fingerprint density at radius 3 is 2.50 bits per heavy atom. The van der Waals surface area contributed by atoms with E-state index < -0.39 is 17.4 Å². The minimum absolute atomic E-state index is 0.121. The summed E-state index contributed by atoms with van der Waals surface area (Å²) in [6.07, 6.45) is 2.32. The van der Waals surface area contributed by atoms with Gasteiger partial charge in [0, 0.05) is 18.5 Å². The first-order chi connectivity index (χ1) is 14.6. The molecule has 3 amide bonds. The fourth-order valence-electron chi connectivity index (χ4n) is 5.59. The zero-order valence-corrected chi connectivity index (χ0v) is 17.0. The first-order valence-corrected chi connectivity index (χ1v) is 10.7. The Labute approximate surface area is 175 Å². The van der Waals surface area contributed by atoms with Gasteiger partial charge in [-0.15, -0.1) is 0 Å². The van der Waals surface area contributed by atoms with Crippen molar-refractivity contribution >= 4 is 23.4 Å². The van der Waals surface area contributed by atoms with Crippen LogP contribution in [0.5, 0.6) is 0 Å². The molecule has 2 fully saturated rings. The van der Waals surface area contributed by atoms with Crippen molar-refractivity contribution < 1.29 is 19.7 Å². The summed E-state index contributed by atoms with van der Waals surface area (Å²) < 4.78 is 0. The highest BCUT2D eigenvalue weighted by Gasteiger charge is 2.73. The predicted molar refractivity (Wildman–Crippen MR) is 111 cm³/mol. The lowest BCUT2D eigenvalue weighted by Gasteiger charge is -2.26. The number of hydrogen-bond acceptors (Lipinski definition) is 3. The lowest BCUT2D eigenvalue weighted by atomic mass is 9.76. The first-order valence-electron chi connectivity index (χ1n) is 10.7. The molecule has 0 radical (unpaired) electrons. The molecule has 1 spiro atoms. The SMILES string of the molecule is CCCCN1C(=O)[C@H]2[C@@H](C1=O)[C@@]1([NH2+][C@@H]2Cc2ccccc2)C(=O)Nc2ccccc21. The highest BCUT2D eigenvalue weighted by Crippen LogP contribution is 2.49. The molecule has 5 rings (SSSR count). The van der Waals surface area contributed by atoms with Crippen molar-refractivity contribution in [1.82, 2.24) is 4.90 Å². The molecule has 4 atom stereocenters. The van der Waals surface area contributed by atoms with Crippen LogP contribution in [-0.2, 0) is 26.3 Å². The summed E-state index contributed by atoms with van der Waals surface area (Å²) in [4.78, 5) is 41.7. The van der Waals surface area contributed by atoms with E-state index in [1.165, 1.54) is 4.90 Å². The molecule has 0 aromatic heterocycles. The summed E-state index contributed by atoms with van der Waals surface area (Å²) in [6.45, 7) is 2.47. The van der Waals surface area contributed by atoms with Gasteiger partial charge >= 0.3 is 0 Å². The number of benzene rings is 2. The molecule has 6 heteroatoms. The number of unbranched alkanes of at least 4 members (excludes halogenated alkanes) is 1. The molecule has 6 nitrogen and oxygen atoms in total. The van der Waals surface area contributed by atoms with Crippen LogP contribution in [0.1, 0.15) is 30.9 Å². The standard InChI is InChI=1S/C24H25N3O3/c1-2-3-13-27-21(28)19-18(14-15-9-5-4-6-10-15)26-24(20(19)22(27)29)16-11-7-8-12-17(16)25-23(24)30/h4-12,18-20,26H,2-3,13-14H2,1H3,(H,25,30)/p+1/t18-,19-,20+,24-/m1/s1. The van der Waals surface area contributed by atoms with E-state index in [9.17, 15) is 14.4 Å². The Kier molecular flexibility index (Phi) is 4.47. The van der Waals surface area contributed by atoms with Crippen molar-refractivity contribution in [2.24, 2.45) is 11.8 Å². The van der Waals surface area contributed by atoms with Gasteiger partial charge in [-0.05, 0) is 18.1 Å². The third-order valence-electron chi connectivity index (χ3n) is 6.92. The van der Waals surface area contributed by atoms with Gasteiger partial charge in [-0.1, -0.05) is 61.9 Å². The number of fused-ring (bicyclic) bond motifs is 4. The molecule has 3 heterocycles. The predicted octanol–water partition coefficient (Wildman–Crippen LogP) is 1.42. The Morgan fingerprint density at radius 1 is 1.00 bits per heavy atom. The molecule has 30 heavy (non-hydrogen) atoms. The average molecular weight is 404 g/mol. The molecule has 0 aliphatic carbocycles. The third kappa shape index (κ3) is 2.56. The highest BCUT2D eigenvalue weighted by molar-refractivity contribution is 6.13. The lowest BCUT2D eigenvalue weighted by Crippen LogP contribution is -2.99. The van der Waals surface area contributed by atoms with E-state index in [0.29, 0.717) is 13.0 Å². The van der Waals surface area contributed by atoms with Gasteiger partial charge in [0.05, 0.1) is 5.69 Å². The van der Waals surface area contributed by atoms with Crippen molar-refractivity contribution in [1.29, 1.82) is 0 Å². The second-order valence-electron chi connectivity index (χ2n) is 8.57. The normalized spacial score (nSPS) is 29.4. The Morgan fingerprint density at radius 2 is 1.73 bits per heavy atom. The Bertz CT molecular complexity index is 1020. The number of nitrogens with one attached hydrogen (secondary N) is 1. The van der Waals surface area contributed by atoms with E-state index in [2.05, 4.69) is 5.32 Å². The summed E-state index contributed by atoms with van der Waals surface area (Å²) in [6, 6.07) is 17.4. The van der Waals surface area contributed by atoms with Gasteiger partial charge < -0.3 is 10.6 Å². The zero-order chi connectivity index (χ0) is 20.9. The van der Waals surface area contributed by atoms with E-state index >= 15 is 0 Å². The second-order valence-corrected chi connectivity index (χ2v) is 8.57. The molecule has 0 bridgehead atoms. The van der Waals surface area contributed by atoms with Gasteiger partial charge in [0.25, 0.3) is 5.91 Å². The number of quaternary nitrogens is 1. The molecule has 2 saturated heterocycles. The van der Waals surface area contributed by atoms with Crippen LogP contribution in [-0.4, -0.2) is 35.2 Å². The van der Waals surface area contributed by atoms with Crippen molar-refractivity contribution in [2.75, 3.05) is 11.9 Å². The monoisotopic (exact) mass is 404 g/mol. The van der Waals surface area contributed by atoms with E-state index in [1.807, 2.05) is 66.8 Å². The maximum Gasteiger partial charge on any atom is 0.291 e. The van der Waals surface area contributed by atoms with Gasteiger partial charge in [-0.2, -0.15) is 0 Å². The van der Waals surface area contributed by atoms with Crippen LogP contribution in [0.4, 0.5) is 5.69 Å². The number of hydrogen-bond donors (Lipinski definition) is 2. The maximum absolute atomic E-state index is 13.5. The number of nitrogens with zero attached hydrogens (tertiary/aromatic N) is 1. The molecule has 3 N–H and O–H groups in total. The molecular formula is C24H26N3O3+. The maximum atomic E-state index is 13.5. The fourth-order valence-corrected chi connectivity index (χ4v) is 5.59. The number of carbonyl (C=O) groups is 3. The number of carbonyl (C=O) groups excluding carboxylic acids is 3. The van der Waals surface area contributed by atoms with Gasteiger partial charge in [-0.3, -0.25) is 19.3 Å². The van der Waals surface area contributed by atoms with Crippen LogP contribution < -0.4 is 10.6 Å². The number of likely N-dealkylation sites (tertiary alicyclic amines) is 1. The van der Waals surface area contributed by atoms with Crippen molar-refractivity contribution in [3.05, 3.63) is 65.7 Å². The molecule has 154 valence electrons. The number of rotatable bonds is 5.